The van der Waals surface area contributed by atoms with Crippen LogP contribution in [0.25, 0.3) is 11.0 Å². The summed E-state index contributed by atoms with van der Waals surface area (Å²) < 4.78 is 29.1. The maximum atomic E-state index is 13.3. The highest BCUT2D eigenvalue weighted by Gasteiger charge is 2.27. The Bertz CT molecular complexity index is 1160. The first kappa shape index (κ1) is 19.9. The van der Waals surface area contributed by atoms with E-state index in [1.165, 1.54) is 0 Å². The molecule has 3 aromatic rings. The zero-order chi connectivity index (χ0) is 21.4. The van der Waals surface area contributed by atoms with Crippen molar-refractivity contribution in [3.05, 3.63) is 57.9 Å². The quantitative estimate of drug-likeness (QED) is 0.608. The van der Waals surface area contributed by atoms with Crippen molar-refractivity contribution >= 4 is 11.0 Å². The number of rotatable bonds is 5. The number of benzene rings is 2. The molecule has 0 saturated carbocycles. The lowest BCUT2D eigenvalue weighted by Crippen LogP contribution is -2.37. The molecule has 2 aliphatic rings. The first-order valence-corrected chi connectivity index (χ1v) is 10.5. The molecule has 0 aliphatic carbocycles. The van der Waals surface area contributed by atoms with Crippen LogP contribution in [0.3, 0.4) is 0 Å². The number of fused-ring (bicyclic) bond motifs is 3. The molecule has 0 spiro atoms. The summed E-state index contributed by atoms with van der Waals surface area (Å²) in [7, 11) is 1.56. The highest BCUT2D eigenvalue weighted by atomic mass is 16.5. The third kappa shape index (κ3) is 3.75. The lowest BCUT2D eigenvalue weighted by Gasteiger charge is -2.30. The van der Waals surface area contributed by atoms with Gasteiger partial charge in [0.2, 0.25) is 11.2 Å². The summed E-state index contributed by atoms with van der Waals surface area (Å²) >= 11 is 0. The Morgan fingerprint density at radius 1 is 1.16 bits per heavy atom. The number of ether oxygens (including phenoxy) is 4. The van der Waals surface area contributed by atoms with Gasteiger partial charge in [-0.2, -0.15) is 0 Å². The molecule has 162 valence electrons. The Kier molecular flexibility index (Phi) is 5.29. The van der Waals surface area contributed by atoms with Gasteiger partial charge in [-0.15, -0.1) is 0 Å². The summed E-state index contributed by atoms with van der Waals surface area (Å²) in [6, 6.07) is 10.8. The molecule has 3 heterocycles. The van der Waals surface area contributed by atoms with Crippen LogP contribution in [-0.4, -0.2) is 38.0 Å². The van der Waals surface area contributed by atoms with Gasteiger partial charge in [-0.1, -0.05) is 12.1 Å². The fourth-order valence-electron chi connectivity index (χ4n) is 4.23. The van der Waals surface area contributed by atoms with E-state index in [2.05, 4.69) is 4.90 Å². The third-order valence-corrected chi connectivity index (χ3v) is 5.79. The summed E-state index contributed by atoms with van der Waals surface area (Å²) in [5.74, 6) is 2.32. The molecule has 0 radical (unpaired) electrons. The van der Waals surface area contributed by atoms with Gasteiger partial charge in [-0.25, -0.2) is 0 Å². The number of aryl methyl sites for hydroxylation is 1. The molecule has 1 unspecified atom stereocenters. The fraction of sp³-hybridized carbons (Fsp3) is 0.375. The Morgan fingerprint density at radius 3 is 2.77 bits per heavy atom. The van der Waals surface area contributed by atoms with Crippen molar-refractivity contribution in [2.24, 2.45) is 0 Å². The van der Waals surface area contributed by atoms with E-state index < -0.39 is 0 Å². The number of nitrogens with zero attached hydrogens (tertiary/aromatic N) is 1. The first-order valence-electron chi connectivity index (χ1n) is 10.5. The summed E-state index contributed by atoms with van der Waals surface area (Å²) in [5.41, 5.74) is 1.21. The van der Waals surface area contributed by atoms with Crippen molar-refractivity contribution in [2.75, 3.05) is 27.0 Å². The second-order valence-electron chi connectivity index (χ2n) is 7.91. The molecular formula is C24H25NO6. The Morgan fingerprint density at radius 2 is 2.00 bits per heavy atom. The maximum absolute atomic E-state index is 13.3. The van der Waals surface area contributed by atoms with Crippen LogP contribution in [0.2, 0.25) is 0 Å². The van der Waals surface area contributed by atoms with Gasteiger partial charge in [0.15, 0.2) is 11.5 Å². The largest absolute Gasteiger partial charge is 0.493 e. The first-order chi connectivity index (χ1) is 15.1. The van der Waals surface area contributed by atoms with Gasteiger partial charge in [0.1, 0.15) is 23.8 Å². The Balaban J connectivity index is 1.51. The topological polar surface area (TPSA) is 70.4 Å². The van der Waals surface area contributed by atoms with Crippen LogP contribution in [0.4, 0.5) is 0 Å². The van der Waals surface area contributed by atoms with Crippen LogP contribution < -0.4 is 19.6 Å². The monoisotopic (exact) mass is 423 g/mol. The van der Waals surface area contributed by atoms with E-state index in [4.69, 9.17) is 23.4 Å². The van der Waals surface area contributed by atoms with Crippen LogP contribution in [-0.2, 0) is 11.3 Å². The molecule has 1 fully saturated rings. The number of methoxy groups -OCH3 is 1. The van der Waals surface area contributed by atoms with Crippen LogP contribution in [0, 0.1) is 6.92 Å². The van der Waals surface area contributed by atoms with Crippen LogP contribution >= 0.6 is 0 Å². The molecular weight excluding hydrogens is 398 g/mol. The second kappa shape index (κ2) is 8.24. The van der Waals surface area contributed by atoms with E-state index in [9.17, 15) is 4.79 Å². The van der Waals surface area contributed by atoms with Crippen LogP contribution in [0.1, 0.15) is 24.2 Å². The van der Waals surface area contributed by atoms with Gasteiger partial charge in [0.25, 0.3) is 0 Å². The SMILES string of the molecule is COc1ccccc1Oc1c(C)oc2c3c(ccc2c1=O)OCN(CC1CCCO1)C3. The van der Waals surface area contributed by atoms with E-state index in [0.29, 0.717) is 41.5 Å². The van der Waals surface area contributed by atoms with Gasteiger partial charge >= 0.3 is 0 Å². The maximum Gasteiger partial charge on any atom is 0.235 e. The molecule has 31 heavy (non-hydrogen) atoms. The molecule has 7 heteroatoms. The van der Waals surface area contributed by atoms with Crippen molar-refractivity contribution in [3.8, 4) is 23.0 Å². The minimum absolute atomic E-state index is 0.157. The smallest absolute Gasteiger partial charge is 0.235 e. The summed E-state index contributed by atoms with van der Waals surface area (Å²) in [6.07, 6.45) is 2.40. The molecule has 7 nitrogen and oxygen atoms in total. The predicted molar refractivity (Wildman–Crippen MR) is 115 cm³/mol. The Labute approximate surface area is 180 Å². The Hall–Kier alpha value is -3.03. The lowest BCUT2D eigenvalue weighted by atomic mass is 10.1. The minimum Gasteiger partial charge on any atom is -0.493 e. The standard InChI is InChI=1S/C24H25NO6/c1-15-23(31-21-8-4-3-7-20(21)27-2)22(26)17-9-10-19-18(24(17)30-15)13-25(14-29-19)12-16-6-5-11-28-16/h3-4,7-10,16H,5-6,11-14H2,1-2H3. The predicted octanol–water partition coefficient (Wildman–Crippen LogP) is 4.23. The molecule has 1 aromatic heterocycles. The summed E-state index contributed by atoms with van der Waals surface area (Å²) in [6.45, 7) is 4.49. The molecule has 1 atom stereocenters. The average Bonchev–Trinajstić information content (AvgIpc) is 3.30. The number of hydrogen-bond donors (Lipinski definition) is 0. The summed E-state index contributed by atoms with van der Waals surface area (Å²) in [4.78, 5) is 15.5. The number of hydrogen-bond acceptors (Lipinski definition) is 7. The van der Waals surface area contributed by atoms with Crippen molar-refractivity contribution in [2.45, 2.75) is 32.4 Å². The van der Waals surface area contributed by atoms with Crippen molar-refractivity contribution in [1.82, 2.24) is 4.90 Å². The van der Waals surface area contributed by atoms with Gasteiger partial charge in [0, 0.05) is 19.7 Å². The van der Waals surface area contributed by atoms with Gasteiger partial charge in [-0.05, 0) is 44.0 Å². The number of para-hydroxylation sites is 2. The van der Waals surface area contributed by atoms with E-state index in [0.717, 1.165) is 37.3 Å². The van der Waals surface area contributed by atoms with Crippen molar-refractivity contribution < 1.29 is 23.4 Å². The van der Waals surface area contributed by atoms with E-state index in [1.54, 1.807) is 32.2 Å². The average molecular weight is 423 g/mol. The molecule has 5 rings (SSSR count). The van der Waals surface area contributed by atoms with Gasteiger partial charge in [0.05, 0.1) is 24.2 Å². The fourth-order valence-corrected chi connectivity index (χ4v) is 4.23. The van der Waals surface area contributed by atoms with Gasteiger partial charge in [-0.3, -0.25) is 9.69 Å². The van der Waals surface area contributed by atoms with Crippen molar-refractivity contribution in [3.63, 3.8) is 0 Å². The summed E-state index contributed by atoms with van der Waals surface area (Å²) in [5, 5.41) is 0.469. The van der Waals surface area contributed by atoms with Crippen molar-refractivity contribution in [1.29, 1.82) is 0 Å². The highest BCUT2D eigenvalue weighted by molar-refractivity contribution is 5.83. The molecule has 0 bridgehead atoms. The normalized spacial score (nSPS) is 18.6. The lowest BCUT2D eigenvalue weighted by molar-refractivity contribution is 0.0281. The van der Waals surface area contributed by atoms with E-state index in [-0.39, 0.29) is 17.3 Å². The van der Waals surface area contributed by atoms with Crippen LogP contribution in [0.15, 0.2) is 45.6 Å². The zero-order valence-electron chi connectivity index (χ0n) is 17.7. The van der Waals surface area contributed by atoms with E-state index in [1.807, 2.05) is 18.2 Å². The molecule has 1 saturated heterocycles. The van der Waals surface area contributed by atoms with E-state index >= 15 is 0 Å². The third-order valence-electron chi connectivity index (χ3n) is 5.79. The molecule has 0 N–H and O–H groups in total. The molecule has 2 aromatic carbocycles. The zero-order valence-corrected chi connectivity index (χ0v) is 17.7. The molecule has 0 amide bonds. The van der Waals surface area contributed by atoms with Crippen LogP contribution in [0.5, 0.6) is 23.0 Å². The van der Waals surface area contributed by atoms with Gasteiger partial charge < -0.3 is 23.4 Å². The molecule has 2 aliphatic heterocycles. The second-order valence-corrected chi connectivity index (χ2v) is 7.91. The minimum atomic E-state index is -0.219. The highest BCUT2D eigenvalue weighted by Crippen LogP contribution is 2.36.